The third-order valence-corrected chi connectivity index (χ3v) is 5.45. The van der Waals surface area contributed by atoms with Crippen LogP contribution in [0.3, 0.4) is 0 Å². The number of carbonyl (C=O) groups excluding carboxylic acids is 2. The summed E-state index contributed by atoms with van der Waals surface area (Å²) in [5, 5.41) is 0. The molecule has 106 valence electrons. The van der Waals surface area contributed by atoms with Crippen LogP contribution in [-0.2, 0) is 14.3 Å². The minimum atomic E-state index is -0.336. The second-order valence-corrected chi connectivity index (χ2v) is 6.64. The predicted molar refractivity (Wildman–Crippen MR) is 73.5 cm³/mol. The van der Waals surface area contributed by atoms with E-state index >= 15 is 0 Å². The molecular formula is C16H24O3. The van der Waals surface area contributed by atoms with Gasteiger partial charge in [-0.05, 0) is 43.6 Å². The molecule has 0 aromatic carbocycles. The highest BCUT2D eigenvalue weighted by Crippen LogP contribution is 2.65. The normalized spacial score (nSPS) is 35.7. The number of fused-ring (bicyclic) bond motifs is 2. The number of carbonyl (C=O) groups is 2. The minimum Gasteiger partial charge on any atom is -0.466 e. The van der Waals surface area contributed by atoms with Crippen molar-refractivity contribution in [1.29, 1.82) is 0 Å². The van der Waals surface area contributed by atoms with E-state index in [0.29, 0.717) is 12.5 Å². The maximum absolute atomic E-state index is 12.6. The van der Waals surface area contributed by atoms with Gasteiger partial charge in [-0.1, -0.05) is 26.8 Å². The average Bonchev–Trinajstić information content (AvgIpc) is 2.64. The first-order valence-electron chi connectivity index (χ1n) is 7.19. The van der Waals surface area contributed by atoms with Crippen LogP contribution in [0.5, 0.6) is 0 Å². The highest BCUT2D eigenvalue weighted by Gasteiger charge is 2.63. The van der Waals surface area contributed by atoms with Gasteiger partial charge in [-0.2, -0.15) is 0 Å². The van der Waals surface area contributed by atoms with Crippen molar-refractivity contribution in [2.24, 2.45) is 22.7 Å². The van der Waals surface area contributed by atoms with Crippen molar-refractivity contribution in [2.45, 2.75) is 47.5 Å². The van der Waals surface area contributed by atoms with Gasteiger partial charge in [-0.3, -0.25) is 9.59 Å². The lowest BCUT2D eigenvalue weighted by molar-refractivity contribution is -0.145. The maximum Gasteiger partial charge on any atom is 0.312 e. The van der Waals surface area contributed by atoms with E-state index < -0.39 is 0 Å². The zero-order valence-corrected chi connectivity index (χ0v) is 12.6. The van der Waals surface area contributed by atoms with Gasteiger partial charge in [0, 0.05) is 5.41 Å². The van der Waals surface area contributed by atoms with Crippen molar-refractivity contribution in [3.05, 3.63) is 11.6 Å². The summed E-state index contributed by atoms with van der Waals surface area (Å²) in [5.41, 5.74) is 0.613. The molecule has 2 bridgehead atoms. The second kappa shape index (κ2) is 4.46. The summed E-state index contributed by atoms with van der Waals surface area (Å²) in [6.45, 7) is 10.4. The van der Waals surface area contributed by atoms with Crippen molar-refractivity contribution in [1.82, 2.24) is 0 Å². The summed E-state index contributed by atoms with van der Waals surface area (Å²) in [4.78, 5) is 24.3. The first kappa shape index (κ1) is 14.3. The van der Waals surface area contributed by atoms with E-state index in [1.165, 1.54) is 0 Å². The third kappa shape index (κ3) is 1.86. The van der Waals surface area contributed by atoms with E-state index in [4.69, 9.17) is 4.74 Å². The molecule has 0 radical (unpaired) electrons. The van der Waals surface area contributed by atoms with Crippen LogP contribution in [0.25, 0.3) is 0 Å². The number of hydrogen-bond donors (Lipinski definition) is 0. The van der Waals surface area contributed by atoms with E-state index in [1.54, 1.807) is 13.8 Å². The lowest BCUT2D eigenvalue weighted by Gasteiger charge is -2.31. The van der Waals surface area contributed by atoms with Crippen LogP contribution < -0.4 is 0 Å². The molecule has 3 nitrogen and oxygen atoms in total. The number of rotatable bonds is 3. The van der Waals surface area contributed by atoms with Crippen LogP contribution in [0, 0.1) is 22.7 Å². The van der Waals surface area contributed by atoms with Gasteiger partial charge in [0.1, 0.15) is 0 Å². The summed E-state index contributed by atoms with van der Waals surface area (Å²) in [6.07, 6.45) is 3.86. The molecule has 2 rings (SSSR count). The van der Waals surface area contributed by atoms with Gasteiger partial charge in [0.2, 0.25) is 0 Å². The van der Waals surface area contributed by atoms with Crippen LogP contribution in [0.15, 0.2) is 11.6 Å². The largest absolute Gasteiger partial charge is 0.466 e. The third-order valence-electron chi connectivity index (χ3n) is 5.45. The Hall–Kier alpha value is -1.12. The van der Waals surface area contributed by atoms with E-state index in [9.17, 15) is 9.59 Å². The van der Waals surface area contributed by atoms with Gasteiger partial charge >= 0.3 is 5.97 Å². The Morgan fingerprint density at radius 1 is 1.47 bits per heavy atom. The van der Waals surface area contributed by atoms with Gasteiger partial charge in [0.05, 0.1) is 12.5 Å². The summed E-state index contributed by atoms with van der Waals surface area (Å²) in [5.74, 6) is -0.0436. The van der Waals surface area contributed by atoms with Crippen molar-refractivity contribution >= 4 is 11.8 Å². The molecule has 0 aromatic heterocycles. The number of allylic oxidation sites excluding steroid dienone is 1. The standard InChI is InChI=1S/C16H24O3/c1-6-19-14(18)10(2)9-11-12-7-8-16(5,13(11)17)15(12,3)4/h9-10,12H,6-8H2,1-5H3/b11-9-/t10-,12-,16-/m1/s1. The monoisotopic (exact) mass is 264 g/mol. The highest BCUT2D eigenvalue weighted by molar-refractivity contribution is 6.05. The SMILES string of the molecule is CCOC(=O)[C@H](C)/C=C1\C(=O)[C@@]2(C)CC[C@H]1C2(C)C. The van der Waals surface area contributed by atoms with Crippen molar-refractivity contribution in [3.63, 3.8) is 0 Å². The molecular weight excluding hydrogens is 240 g/mol. The quantitative estimate of drug-likeness (QED) is 0.581. The maximum atomic E-state index is 12.6. The van der Waals surface area contributed by atoms with Crippen LogP contribution in [-0.4, -0.2) is 18.4 Å². The molecule has 2 saturated carbocycles. The molecule has 19 heavy (non-hydrogen) atoms. The van der Waals surface area contributed by atoms with Gasteiger partial charge in [-0.25, -0.2) is 0 Å². The van der Waals surface area contributed by atoms with E-state index in [0.717, 1.165) is 18.4 Å². The van der Waals surface area contributed by atoms with E-state index in [2.05, 4.69) is 20.8 Å². The van der Waals surface area contributed by atoms with Gasteiger partial charge in [0.15, 0.2) is 5.78 Å². The fraction of sp³-hybridized carbons (Fsp3) is 0.750. The Kier molecular flexibility index (Phi) is 3.36. The Morgan fingerprint density at radius 3 is 2.58 bits per heavy atom. The number of ketones is 1. The summed E-state index contributed by atoms with van der Waals surface area (Å²) < 4.78 is 5.01. The van der Waals surface area contributed by atoms with Crippen molar-refractivity contribution in [2.75, 3.05) is 6.61 Å². The Balaban J connectivity index is 2.28. The molecule has 3 heteroatoms. The lowest BCUT2D eigenvalue weighted by Crippen LogP contribution is -2.32. The lowest BCUT2D eigenvalue weighted by atomic mass is 9.70. The smallest absolute Gasteiger partial charge is 0.312 e. The summed E-state index contributed by atoms with van der Waals surface area (Å²) >= 11 is 0. The molecule has 0 aliphatic heterocycles. The molecule has 3 atom stereocenters. The zero-order valence-electron chi connectivity index (χ0n) is 12.6. The fourth-order valence-electron chi connectivity index (χ4n) is 3.73. The van der Waals surface area contributed by atoms with Crippen molar-refractivity contribution in [3.8, 4) is 0 Å². The summed E-state index contributed by atoms with van der Waals surface area (Å²) in [6, 6.07) is 0. The number of hydrogen-bond acceptors (Lipinski definition) is 3. The topological polar surface area (TPSA) is 43.4 Å². The van der Waals surface area contributed by atoms with E-state index in [1.807, 2.05) is 6.08 Å². The number of esters is 1. The molecule has 0 unspecified atom stereocenters. The Labute approximate surface area is 115 Å². The fourth-order valence-corrected chi connectivity index (χ4v) is 3.73. The van der Waals surface area contributed by atoms with Gasteiger partial charge in [-0.15, -0.1) is 0 Å². The first-order chi connectivity index (χ1) is 8.75. The average molecular weight is 264 g/mol. The Morgan fingerprint density at radius 2 is 2.11 bits per heavy atom. The molecule has 0 N–H and O–H groups in total. The van der Waals surface area contributed by atoms with Crippen LogP contribution >= 0.6 is 0 Å². The van der Waals surface area contributed by atoms with Crippen LogP contribution in [0.1, 0.15) is 47.5 Å². The first-order valence-corrected chi connectivity index (χ1v) is 7.19. The van der Waals surface area contributed by atoms with Gasteiger partial charge in [0.25, 0.3) is 0 Å². The molecule has 0 heterocycles. The molecule has 2 aliphatic rings. The Bertz CT molecular complexity index is 447. The molecule has 2 fully saturated rings. The second-order valence-electron chi connectivity index (χ2n) is 6.64. The molecule has 0 amide bonds. The number of Topliss-reactive ketones (excluding diaryl/α,β-unsaturated/α-hetero) is 1. The number of ether oxygens (including phenoxy) is 1. The van der Waals surface area contributed by atoms with Gasteiger partial charge < -0.3 is 4.74 Å². The van der Waals surface area contributed by atoms with E-state index in [-0.39, 0.29) is 28.5 Å². The molecule has 2 aliphatic carbocycles. The predicted octanol–water partition coefficient (Wildman–Crippen LogP) is 3.14. The molecule has 0 aromatic rings. The molecule has 0 saturated heterocycles. The van der Waals surface area contributed by atoms with Crippen molar-refractivity contribution < 1.29 is 14.3 Å². The zero-order chi connectivity index (χ0) is 14.4. The van der Waals surface area contributed by atoms with Crippen LogP contribution in [0.4, 0.5) is 0 Å². The van der Waals surface area contributed by atoms with Crippen LogP contribution in [0.2, 0.25) is 0 Å². The molecule has 0 spiro atoms. The minimum absolute atomic E-state index is 0.00426. The summed E-state index contributed by atoms with van der Waals surface area (Å²) in [7, 11) is 0. The highest BCUT2D eigenvalue weighted by atomic mass is 16.5.